The summed E-state index contributed by atoms with van der Waals surface area (Å²) in [6.45, 7) is 1.39. The summed E-state index contributed by atoms with van der Waals surface area (Å²) in [4.78, 5) is 24.6. The molecule has 3 rings (SSSR count). The van der Waals surface area contributed by atoms with Gasteiger partial charge in [0.1, 0.15) is 6.54 Å². The van der Waals surface area contributed by atoms with E-state index in [4.69, 9.17) is 11.6 Å². The molecule has 1 amide bonds. The first kappa shape index (κ1) is 20.9. The smallest absolute Gasteiger partial charge is 0.324 e. The topological polar surface area (TPSA) is 93.4 Å². The Morgan fingerprint density at radius 1 is 1.10 bits per heavy atom. The van der Waals surface area contributed by atoms with Gasteiger partial charge < -0.3 is 5.32 Å². The third kappa shape index (κ3) is 4.15. The van der Waals surface area contributed by atoms with Gasteiger partial charge in [-0.05, 0) is 42.8 Å². The normalized spacial score (nSPS) is 11.6. The van der Waals surface area contributed by atoms with Crippen molar-refractivity contribution in [1.82, 2.24) is 9.13 Å². The number of nitrogens with zero attached hydrogens (tertiary/aromatic N) is 3. The Hall–Kier alpha value is -2.78. The fourth-order valence-corrected chi connectivity index (χ4v) is 4.08. The number of imidazole rings is 1. The van der Waals surface area contributed by atoms with Gasteiger partial charge in [-0.25, -0.2) is 13.2 Å². The third-order valence-electron chi connectivity index (χ3n) is 4.69. The lowest BCUT2D eigenvalue weighted by molar-refractivity contribution is -0.114. The van der Waals surface area contributed by atoms with Crippen LogP contribution in [0.1, 0.15) is 5.56 Å². The van der Waals surface area contributed by atoms with Gasteiger partial charge >= 0.3 is 5.69 Å². The van der Waals surface area contributed by atoms with Crippen molar-refractivity contribution in [3.63, 3.8) is 0 Å². The number of amides is 1. The minimum atomic E-state index is -3.71. The van der Waals surface area contributed by atoms with Crippen molar-refractivity contribution in [2.45, 2.75) is 6.92 Å². The van der Waals surface area contributed by atoms with E-state index in [-0.39, 0.29) is 5.69 Å². The number of carbonyl (C=O) groups excluding carboxylic acids is 1. The molecule has 0 fully saturated rings. The Bertz CT molecular complexity index is 1280. The fourth-order valence-electron chi connectivity index (χ4n) is 3.05. The molecule has 2 aromatic carbocycles. The van der Waals surface area contributed by atoms with E-state index in [1.54, 1.807) is 51.4 Å². The molecule has 1 N–H and O–H groups in total. The number of hydrogen-bond acceptors (Lipinski definition) is 4. The highest BCUT2D eigenvalue weighted by Crippen LogP contribution is 2.25. The van der Waals surface area contributed by atoms with Gasteiger partial charge in [-0.2, -0.15) is 0 Å². The molecule has 1 heterocycles. The Balaban J connectivity index is 1.87. The molecule has 3 aromatic rings. The first-order valence-electron chi connectivity index (χ1n) is 8.68. The maximum absolute atomic E-state index is 12.6. The molecule has 0 bridgehead atoms. The van der Waals surface area contributed by atoms with Crippen LogP contribution in [0.4, 0.5) is 11.4 Å². The Kier molecular flexibility index (Phi) is 5.46. The van der Waals surface area contributed by atoms with E-state index in [0.29, 0.717) is 21.9 Å². The molecular weight excluding hydrogens is 416 g/mol. The number of sulfonamides is 1. The molecule has 10 heteroatoms. The van der Waals surface area contributed by atoms with Gasteiger partial charge in [-0.3, -0.25) is 18.2 Å². The summed E-state index contributed by atoms with van der Waals surface area (Å²) in [6.07, 6.45) is 1.03. The van der Waals surface area contributed by atoms with Crippen LogP contribution in [0.25, 0.3) is 11.0 Å². The first-order valence-corrected chi connectivity index (χ1v) is 10.9. The summed E-state index contributed by atoms with van der Waals surface area (Å²) in [6, 6.07) is 9.85. The Morgan fingerprint density at radius 2 is 1.76 bits per heavy atom. The van der Waals surface area contributed by atoms with Gasteiger partial charge in [0.2, 0.25) is 15.9 Å². The number of rotatable bonds is 5. The van der Waals surface area contributed by atoms with Crippen molar-refractivity contribution >= 4 is 49.9 Å². The monoisotopic (exact) mass is 436 g/mol. The number of hydrogen-bond donors (Lipinski definition) is 1. The lowest BCUT2D eigenvalue weighted by Gasteiger charge is -2.22. The molecule has 154 valence electrons. The number of halogens is 1. The molecule has 0 unspecified atom stereocenters. The van der Waals surface area contributed by atoms with Crippen LogP contribution in [0.3, 0.4) is 0 Å². The van der Waals surface area contributed by atoms with Crippen molar-refractivity contribution in [2.24, 2.45) is 14.1 Å². The summed E-state index contributed by atoms with van der Waals surface area (Å²) < 4.78 is 28.4. The van der Waals surface area contributed by atoms with Crippen molar-refractivity contribution < 1.29 is 13.2 Å². The van der Waals surface area contributed by atoms with Crippen LogP contribution in [0.15, 0.2) is 41.2 Å². The van der Waals surface area contributed by atoms with Crippen molar-refractivity contribution in [2.75, 3.05) is 22.4 Å². The van der Waals surface area contributed by atoms with Gasteiger partial charge in [0.15, 0.2) is 0 Å². The second kappa shape index (κ2) is 7.57. The second-order valence-electron chi connectivity index (χ2n) is 6.86. The van der Waals surface area contributed by atoms with E-state index < -0.39 is 22.5 Å². The van der Waals surface area contributed by atoms with Crippen LogP contribution in [0.2, 0.25) is 5.02 Å². The van der Waals surface area contributed by atoms with Crippen molar-refractivity contribution in [3.8, 4) is 0 Å². The van der Waals surface area contributed by atoms with E-state index >= 15 is 0 Å². The zero-order valence-electron chi connectivity index (χ0n) is 16.4. The predicted octanol–water partition coefficient (Wildman–Crippen LogP) is 2.24. The average Bonchev–Trinajstić information content (AvgIpc) is 2.85. The fraction of sp³-hybridized carbons (Fsp3) is 0.263. The van der Waals surface area contributed by atoms with Crippen LogP contribution >= 0.6 is 11.6 Å². The minimum Gasteiger partial charge on any atom is -0.324 e. The Morgan fingerprint density at radius 3 is 2.38 bits per heavy atom. The minimum absolute atomic E-state index is 0.178. The van der Waals surface area contributed by atoms with Crippen molar-refractivity contribution in [1.29, 1.82) is 0 Å². The highest BCUT2D eigenvalue weighted by molar-refractivity contribution is 7.92. The molecule has 8 nitrogen and oxygen atoms in total. The van der Waals surface area contributed by atoms with Gasteiger partial charge in [0, 0.05) is 24.8 Å². The summed E-state index contributed by atoms with van der Waals surface area (Å²) in [5.41, 5.74) is 2.76. The predicted molar refractivity (Wildman–Crippen MR) is 115 cm³/mol. The number of anilines is 2. The van der Waals surface area contributed by atoms with Crippen LogP contribution in [0.5, 0.6) is 0 Å². The second-order valence-corrected chi connectivity index (χ2v) is 9.17. The zero-order valence-corrected chi connectivity index (χ0v) is 18.0. The number of aryl methyl sites for hydroxylation is 3. The van der Waals surface area contributed by atoms with Gasteiger partial charge in [-0.15, -0.1) is 0 Å². The number of carbonyl (C=O) groups is 1. The SMILES string of the molecule is Cc1ccc(N(CC(=O)Nc2ccc3c(c2)n(C)c(=O)n3C)S(C)(=O)=O)cc1Cl. The van der Waals surface area contributed by atoms with Gasteiger partial charge in [0.05, 0.1) is 23.0 Å². The molecule has 1 aromatic heterocycles. The molecule has 0 aliphatic carbocycles. The molecule has 0 aliphatic heterocycles. The molecule has 0 radical (unpaired) electrons. The maximum Gasteiger partial charge on any atom is 0.328 e. The molecule has 29 heavy (non-hydrogen) atoms. The maximum atomic E-state index is 12.6. The molecule has 0 saturated heterocycles. The van der Waals surface area contributed by atoms with E-state index in [0.717, 1.165) is 21.6 Å². The van der Waals surface area contributed by atoms with E-state index in [1.807, 2.05) is 0 Å². The van der Waals surface area contributed by atoms with E-state index in [2.05, 4.69) is 5.32 Å². The third-order valence-corrected chi connectivity index (χ3v) is 6.23. The van der Waals surface area contributed by atoms with Gasteiger partial charge in [0.25, 0.3) is 0 Å². The van der Waals surface area contributed by atoms with E-state index in [1.165, 1.54) is 15.2 Å². The molecule has 0 atom stereocenters. The summed E-state index contributed by atoms with van der Waals surface area (Å²) in [7, 11) is -0.406. The number of fused-ring (bicyclic) bond motifs is 1. The highest BCUT2D eigenvalue weighted by atomic mass is 35.5. The standard InChI is InChI=1S/C19H21ClN4O4S/c1-12-5-7-14(10-15(12)20)24(29(4,27)28)11-18(25)21-13-6-8-16-17(9-13)23(3)19(26)22(16)2/h5-10H,11H2,1-4H3,(H,21,25). The molecule has 0 spiro atoms. The number of aromatic nitrogens is 2. The number of benzene rings is 2. The molecular formula is C19H21ClN4O4S. The lowest BCUT2D eigenvalue weighted by atomic mass is 10.2. The van der Waals surface area contributed by atoms with Gasteiger partial charge in [-0.1, -0.05) is 17.7 Å². The molecule has 0 aliphatic rings. The van der Waals surface area contributed by atoms with Crippen molar-refractivity contribution in [3.05, 3.63) is 57.5 Å². The average molecular weight is 437 g/mol. The summed E-state index contributed by atoms with van der Waals surface area (Å²) in [5.74, 6) is -0.521. The first-order chi connectivity index (χ1) is 13.5. The van der Waals surface area contributed by atoms with Crippen LogP contribution in [-0.2, 0) is 28.9 Å². The molecule has 0 saturated carbocycles. The summed E-state index contributed by atoms with van der Waals surface area (Å²) >= 11 is 6.11. The largest absolute Gasteiger partial charge is 0.328 e. The van der Waals surface area contributed by atoms with Crippen LogP contribution in [0, 0.1) is 6.92 Å². The lowest BCUT2D eigenvalue weighted by Crippen LogP contribution is -2.37. The zero-order chi connectivity index (χ0) is 21.5. The quantitative estimate of drug-likeness (QED) is 0.663. The highest BCUT2D eigenvalue weighted by Gasteiger charge is 2.22. The summed E-state index contributed by atoms with van der Waals surface area (Å²) in [5, 5.41) is 3.09. The van der Waals surface area contributed by atoms with E-state index in [9.17, 15) is 18.0 Å². The number of nitrogens with one attached hydrogen (secondary N) is 1. The van der Waals surface area contributed by atoms with Crippen LogP contribution < -0.4 is 15.3 Å². The Labute approximate surface area is 173 Å². The van der Waals surface area contributed by atoms with Crippen LogP contribution in [-0.4, -0.2) is 36.3 Å².